The van der Waals surface area contributed by atoms with E-state index in [-0.39, 0.29) is 12.1 Å². The van der Waals surface area contributed by atoms with Crippen LogP contribution in [-0.4, -0.2) is 48.3 Å². The van der Waals surface area contributed by atoms with Gasteiger partial charge in [0.1, 0.15) is 0 Å². The minimum Gasteiger partial charge on any atom is -0.394 e. The minimum atomic E-state index is -0.120. The van der Waals surface area contributed by atoms with Crippen LogP contribution < -0.4 is 5.32 Å². The summed E-state index contributed by atoms with van der Waals surface area (Å²) in [7, 11) is 2.19. The van der Waals surface area contributed by atoms with E-state index in [2.05, 4.69) is 51.9 Å². The Bertz CT molecular complexity index is 207. The van der Waals surface area contributed by atoms with E-state index < -0.39 is 0 Å². The third kappa shape index (κ3) is 8.90. The molecule has 0 amide bonds. The summed E-state index contributed by atoms with van der Waals surface area (Å²) < 4.78 is 0. The molecule has 0 rings (SSSR count). The monoisotopic (exact) mass is 258 g/mol. The Balaban J connectivity index is 3.80. The van der Waals surface area contributed by atoms with E-state index in [0.717, 1.165) is 18.9 Å². The average molecular weight is 258 g/mol. The average Bonchev–Trinajstić information content (AvgIpc) is 2.22. The fraction of sp³-hybridized carbons (Fsp3) is 1.00. The normalized spacial score (nSPS) is 15.7. The number of aliphatic hydroxyl groups is 1. The van der Waals surface area contributed by atoms with Crippen LogP contribution in [0.25, 0.3) is 0 Å². The van der Waals surface area contributed by atoms with Crippen molar-refractivity contribution in [2.24, 2.45) is 5.92 Å². The molecule has 2 N–H and O–H groups in total. The highest BCUT2D eigenvalue weighted by molar-refractivity contribution is 4.83. The van der Waals surface area contributed by atoms with Crippen molar-refractivity contribution in [3.05, 3.63) is 0 Å². The molecule has 0 aliphatic rings. The third-order valence-electron chi connectivity index (χ3n) is 3.18. The smallest absolute Gasteiger partial charge is 0.0610 e. The van der Waals surface area contributed by atoms with Gasteiger partial charge in [0.15, 0.2) is 0 Å². The van der Waals surface area contributed by atoms with Crippen molar-refractivity contribution < 1.29 is 5.11 Å². The van der Waals surface area contributed by atoms with Crippen molar-refractivity contribution in [2.75, 3.05) is 26.7 Å². The van der Waals surface area contributed by atoms with Gasteiger partial charge in [-0.25, -0.2) is 0 Å². The van der Waals surface area contributed by atoms with Crippen LogP contribution >= 0.6 is 0 Å². The summed E-state index contributed by atoms with van der Waals surface area (Å²) in [4.78, 5) is 2.40. The van der Waals surface area contributed by atoms with Gasteiger partial charge in [-0.05, 0) is 39.3 Å². The molecular weight excluding hydrogens is 224 g/mol. The summed E-state index contributed by atoms with van der Waals surface area (Å²) >= 11 is 0. The van der Waals surface area contributed by atoms with Crippen molar-refractivity contribution in [1.29, 1.82) is 0 Å². The van der Waals surface area contributed by atoms with Crippen LogP contribution in [-0.2, 0) is 0 Å². The van der Waals surface area contributed by atoms with Crippen LogP contribution in [0.1, 0.15) is 53.9 Å². The summed E-state index contributed by atoms with van der Waals surface area (Å²) in [5.74, 6) is 0.736. The van der Waals surface area contributed by atoms with Crippen molar-refractivity contribution in [2.45, 2.75) is 65.5 Å². The molecule has 0 fully saturated rings. The van der Waals surface area contributed by atoms with Crippen molar-refractivity contribution >= 4 is 0 Å². The van der Waals surface area contributed by atoms with Crippen molar-refractivity contribution in [3.8, 4) is 0 Å². The number of unbranched alkanes of at least 4 members (excludes halogenated alkanes) is 1. The lowest BCUT2D eigenvalue weighted by Crippen LogP contribution is -2.49. The summed E-state index contributed by atoms with van der Waals surface area (Å²) in [5.41, 5.74) is -0.120. The van der Waals surface area contributed by atoms with Crippen LogP contribution in [0, 0.1) is 5.92 Å². The van der Waals surface area contributed by atoms with Gasteiger partial charge in [-0.15, -0.1) is 0 Å². The first-order valence-electron chi connectivity index (χ1n) is 7.36. The molecule has 0 spiro atoms. The minimum absolute atomic E-state index is 0.120. The molecule has 1 atom stereocenters. The van der Waals surface area contributed by atoms with Gasteiger partial charge < -0.3 is 15.3 Å². The van der Waals surface area contributed by atoms with E-state index in [1.54, 1.807) is 0 Å². The van der Waals surface area contributed by atoms with Crippen LogP contribution in [0.5, 0.6) is 0 Å². The SMILES string of the molecule is CC(C)CN(C)CCCCC(C)(CO)NC(C)C. The Morgan fingerprint density at radius 1 is 1.17 bits per heavy atom. The molecule has 0 saturated carbocycles. The molecule has 0 aromatic carbocycles. The molecule has 0 aliphatic carbocycles. The van der Waals surface area contributed by atoms with Gasteiger partial charge in [-0.3, -0.25) is 0 Å². The maximum absolute atomic E-state index is 9.49. The lowest BCUT2D eigenvalue weighted by Gasteiger charge is -2.31. The van der Waals surface area contributed by atoms with Crippen molar-refractivity contribution in [3.63, 3.8) is 0 Å². The first-order valence-corrected chi connectivity index (χ1v) is 7.36. The van der Waals surface area contributed by atoms with E-state index in [1.807, 2.05) is 0 Å². The molecule has 3 nitrogen and oxygen atoms in total. The van der Waals surface area contributed by atoms with Crippen LogP contribution in [0.2, 0.25) is 0 Å². The van der Waals surface area contributed by atoms with Gasteiger partial charge in [0.25, 0.3) is 0 Å². The second kappa shape index (κ2) is 8.89. The first kappa shape index (κ1) is 17.9. The third-order valence-corrected chi connectivity index (χ3v) is 3.18. The number of hydrogen-bond acceptors (Lipinski definition) is 3. The maximum Gasteiger partial charge on any atom is 0.0610 e. The maximum atomic E-state index is 9.49. The predicted octanol–water partition coefficient (Wildman–Crippen LogP) is 2.49. The number of rotatable bonds is 10. The standard InChI is InChI=1S/C15H34N2O/c1-13(2)11-17(6)10-8-7-9-15(5,12-18)16-14(3)4/h13-14,16,18H,7-12H2,1-6H3. The molecule has 0 saturated heterocycles. The summed E-state index contributed by atoms with van der Waals surface area (Å²) in [5, 5.41) is 13.0. The van der Waals surface area contributed by atoms with E-state index >= 15 is 0 Å². The highest BCUT2D eigenvalue weighted by Crippen LogP contribution is 2.14. The zero-order chi connectivity index (χ0) is 14.2. The number of aliphatic hydroxyl groups excluding tert-OH is 1. The van der Waals surface area contributed by atoms with Gasteiger partial charge >= 0.3 is 0 Å². The molecule has 3 heteroatoms. The molecule has 0 radical (unpaired) electrons. The van der Waals surface area contributed by atoms with Gasteiger partial charge in [0.05, 0.1) is 6.61 Å². The molecule has 0 aromatic rings. The lowest BCUT2D eigenvalue weighted by atomic mass is 9.94. The van der Waals surface area contributed by atoms with Crippen LogP contribution in [0.15, 0.2) is 0 Å². The predicted molar refractivity (Wildman–Crippen MR) is 79.9 cm³/mol. The molecule has 0 heterocycles. The molecule has 0 bridgehead atoms. The highest BCUT2D eigenvalue weighted by Gasteiger charge is 2.22. The van der Waals surface area contributed by atoms with Crippen molar-refractivity contribution in [1.82, 2.24) is 10.2 Å². The number of nitrogens with one attached hydrogen (secondary N) is 1. The second-order valence-electron chi connectivity index (χ2n) is 6.63. The molecule has 0 aliphatic heterocycles. The molecule has 110 valence electrons. The van der Waals surface area contributed by atoms with E-state index in [9.17, 15) is 5.11 Å². The van der Waals surface area contributed by atoms with Gasteiger partial charge in [-0.1, -0.05) is 34.1 Å². The first-order chi connectivity index (χ1) is 8.29. The Kier molecular flexibility index (Phi) is 8.83. The van der Waals surface area contributed by atoms with Gasteiger partial charge in [0.2, 0.25) is 0 Å². The largest absolute Gasteiger partial charge is 0.394 e. The topological polar surface area (TPSA) is 35.5 Å². The molecular formula is C15H34N2O. The Morgan fingerprint density at radius 3 is 2.22 bits per heavy atom. The quantitative estimate of drug-likeness (QED) is 0.591. The zero-order valence-corrected chi connectivity index (χ0v) is 13.3. The molecule has 1 unspecified atom stereocenters. The van der Waals surface area contributed by atoms with E-state index in [0.29, 0.717) is 6.04 Å². The second-order valence-corrected chi connectivity index (χ2v) is 6.63. The van der Waals surface area contributed by atoms with Crippen LogP contribution in [0.4, 0.5) is 0 Å². The Labute approximate surface area is 114 Å². The zero-order valence-electron chi connectivity index (χ0n) is 13.3. The molecule has 0 aromatic heterocycles. The number of hydrogen-bond donors (Lipinski definition) is 2. The van der Waals surface area contributed by atoms with E-state index in [1.165, 1.54) is 19.4 Å². The lowest BCUT2D eigenvalue weighted by molar-refractivity contribution is 0.152. The Morgan fingerprint density at radius 2 is 1.78 bits per heavy atom. The fourth-order valence-corrected chi connectivity index (χ4v) is 2.51. The van der Waals surface area contributed by atoms with Gasteiger partial charge in [0, 0.05) is 18.1 Å². The number of nitrogens with zero attached hydrogens (tertiary/aromatic N) is 1. The Hall–Kier alpha value is -0.120. The van der Waals surface area contributed by atoms with Gasteiger partial charge in [-0.2, -0.15) is 0 Å². The summed E-state index contributed by atoms with van der Waals surface area (Å²) in [6.45, 7) is 13.4. The van der Waals surface area contributed by atoms with Crippen LogP contribution in [0.3, 0.4) is 0 Å². The summed E-state index contributed by atoms with van der Waals surface area (Å²) in [6, 6.07) is 0.422. The summed E-state index contributed by atoms with van der Waals surface area (Å²) in [6.07, 6.45) is 3.41. The molecule has 18 heavy (non-hydrogen) atoms. The highest BCUT2D eigenvalue weighted by atomic mass is 16.3. The fourth-order valence-electron chi connectivity index (χ4n) is 2.51. The van der Waals surface area contributed by atoms with E-state index in [4.69, 9.17) is 0 Å².